The molecule has 1 aromatic carbocycles. The van der Waals surface area contributed by atoms with Crippen LogP contribution in [0.1, 0.15) is 26.2 Å². The fourth-order valence-electron chi connectivity index (χ4n) is 3.61. The van der Waals surface area contributed by atoms with Crippen LogP contribution >= 0.6 is 0 Å². The number of nitrogens with one attached hydrogen (secondary N) is 1. The van der Waals surface area contributed by atoms with Crippen LogP contribution < -0.4 is 10.2 Å². The predicted octanol–water partition coefficient (Wildman–Crippen LogP) is 2.14. The van der Waals surface area contributed by atoms with Crippen molar-refractivity contribution < 1.29 is 18.7 Å². The van der Waals surface area contributed by atoms with E-state index in [4.69, 9.17) is 4.74 Å². The minimum Gasteiger partial charge on any atom is -0.450 e. The lowest BCUT2D eigenvalue weighted by Crippen LogP contribution is -2.50. The van der Waals surface area contributed by atoms with E-state index >= 15 is 0 Å². The first-order valence-electron chi connectivity index (χ1n) is 8.83. The van der Waals surface area contributed by atoms with Gasteiger partial charge in [0.25, 0.3) is 0 Å². The molecule has 1 N–H and O–H groups in total. The summed E-state index contributed by atoms with van der Waals surface area (Å²) in [6, 6.07) is 6.26. The fraction of sp³-hybridized carbons (Fsp3) is 0.556. The van der Waals surface area contributed by atoms with E-state index < -0.39 is 0 Å². The average Bonchev–Trinajstić information content (AvgIpc) is 2.98. The van der Waals surface area contributed by atoms with Crippen molar-refractivity contribution in [2.24, 2.45) is 0 Å². The molecule has 2 saturated heterocycles. The SMILES string of the molecule is CCOC(=O)NC1CCN(C2CCN(c3ccccc3F)C2=O)CC1. The van der Waals surface area contributed by atoms with Crippen molar-refractivity contribution in [2.75, 3.05) is 31.1 Å². The van der Waals surface area contributed by atoms with E-state index in [1.807, 2.05) is 0 Å². The third-order valence-electron chi connectivity index (χ3n) is 4.89. The van der Waals surface area contributed by atoms with Gasteiger partial charge in [-0.1, -0.05) is 12.1 Å². The molecule has 25 heavy (non-hydrogen) atoms. The molecule has 0 aliphatic carbocycles. The fourth-order valence-corrected chi connectivity index (χ4v) is 3.61. The van der Waals surface area contributed by atoms with Crippen LogP contribution in [0.3, 0.4) is 0 Å². The molecule has 7 heteroatoms. The Kier molecular flexibility index (Phi) is 5.53. The summed E-state index contributed by atoms with van der Waals surface area (Å²) in [5.41, 5.74) is 0.355. The van der Waals surface area contributed by atoms with E-state index in [2.05, 4.69) is 10.2 Å². The van der Waals surface area contributed by atoms with Crippen molar-refractivity contribution in [3.63, 3.8) is 0 Å². The Morgan fingerprint density at radius 3 is 2.64 bits per heavy atom. The van der Waals surface area contributed by atoms with Gasteiger partial charge in [0.05, 0.1) is 18.3 Å². The maximum atomic E-state index is 14.0. The smallest absolute Gasteiger partial charge is 0.407 e. The van der Waals surface area contributed by atoms with Crippen LogP contribution in [0.4, 0.5) is 14.9 Å². The van der Waals surface area contributed by atoms with Gasteiger partial charge in [0.15, 0.2) is 0 Å². The lowest BCUT2D eigenvalue weighted by molar-refractivity contribution is -0.122. The molecule has 2 fully saturated rings. The summed E-state index contributed by atoms with van der Waals surface area (Å²) in [5, 5.41) is 2.85. The number of hydrogen-bond acceptors (Lipinski definition) is 4. The zero-order chi connectivity index (χ0) is 17.8. The zero-order valence-corrected chi connectivity index (χ0v) is 14.4. The van der Waals surface area contributed by atoms with E-state index in [-0.39, 0.29) is 29.9 Å². The Labute approximate surface area is 146 Å². The summed E-state index contributed by atoms with van der Waals surface area (Å²) in [6.45, 7) is 4.13. The number of benzene rings is 1. The molecule has 2 heterocycles. The van der Waals surface area contributed by atoms with Gasteiger partial charge >= 0.3 is 6.09 Å². The van der Waals surface area contributed by atoms with Gasteiger partial charge in [-0.15, -0.1) is 0 Å². The summed E-state index contributed by atoms with van der Waals surface area (Å²) < 4.78 is 18.9. The minimum absolute atomic E-state index is 0.0399. The molecular weight excluding hydrogens is 325 g/mol. The molecule has 1 atom stereocenters. The minimum atomic E-state index is -0.386. The molecule has 6 nitrogen and oxygen atoms in total. The van der Waals surface area contributed by atoms with Crippen molar-refractivity contribution in [2.45, 2.75) is 38.3 Å². The number of anilines is 1. The number of hydrogen-bond donors (Lipinski definition) is 1. The number of carbonyl (C=O) groups is 2. The van der Waals surface area contributed by atoms with Gasteiger partial charge in [-0.3, -0.25) is 9.69 Å². The van der Waals surface area contributed by atoms with Crippen molar-refractivity contribution in [3.8, 4) is 0 Å². The van der Waals surface area contributed by atoms with Gasteiger partial charge in [0, 0.05) is 25.7 Å². The van der Waals surface area contributed by atoms with E-state index in [1.165, 1.54) is 6.07 Å². The summed E-state index contributed by atoms with van der Waals surface area (Å²) in [4.78, 5) is 27.9. The van der Waals surface area contributed by atoms with E-state index in [0.29, 0.717) is 25.3 Å². The quantitative estimate of drug-likeness (QED) is 0.905. The number of nitrogens with zero attached hydrogens (tertiary/aromatic N) is 2. The van der Waals surface area contributed by atoms with Crippen molar-refractivity contribution in [1.82, 2.24) is 10.2 Å². The summed E-state index contributed by atoms with van der Waals surface area (Å²) in [5.74, 6) is -0.407. The normalized spacial score (nSPS) is 22.2. The standard InChI is InChI=1S/C18H24FN3O3/c1-2-25-18(24)20-13-7-10-21(11-8-13)16-9-12-22(17(16)23)15-6-4-3-5-14(15)19/h3-6,13,16H,2,7-12H2,1H3,(H,20,24). The Morgan fingerprint density at radius 2 is 1.96 bits per heavy atom. The number of likely N-dealkylation sites (tertiary alicyclic amines) is 1. The second-order valence-corrected chi connectivity index (χ2v) is 6.42. The van der Waals surface area contributed by atoms with Crippen LogP contribution in [0.5, 0.6) is 0 Å². The number of halogens is 1. The number of carbonyl (C=O) groups excluding carboxylic acids is 2. The Hall–Kier alpha value is -2.15. The molecule has 2 aliphatic heterocycles. The van der Waals surface area contributed by atoms with E-state index in [1.54, 1.807) is 30.0 Å². The molecule has 1 aromatic rings. The highest BCUT2D eigenvalue weighted by Crippen LogP contribution is 2.28. The van der Waals surface area contributed by atoms with Gasteiger partial charge < -0.3 is 15.0 Å². The first-order chi connectivity index (χ1) is 12.1. The Balaban J connectivity index is 1.55. The lowest BCUT2D eigenvalue weighted by Gasteiger charge is -2.35. The van der Waals surface area contributed by atoms with Crippen LogP contribution in [0.15, 0.2) is 24.3 Å². The molecule has 2 amide bonds. The van der Waals surface area contributed by atoms with Crippen molar-refractivity contribution >= 4 is 17.7 Å². The number of ether oxygens (including phenoxy) is 1. The molecule has 1 unspecified atom stereocenters. The summed E-state index contributed by atoms with van der Waals surface area (Å²) in [7, 11) is 0. The van der Waals surface area contributed by atoms with E-state index in [9.17, 15) is 14.0 Å². The predicted molar refractivity (Wildman–Crippen MR) is 91.9 cm³/mol. The molecule has 2 aliphatic rings. The molecule has 0 saturated carbocycles. The van der Waals surface area contributed by atoms with Gasteiger partial charge in [0.2, 0.25) is 5.91 Å². The van der Waals surface area contributed by atoms with Crippen LogP contribution in [0, 0.1) is 5.82 Å². The highest BCUT2D eigenvalue weighted by molar-refractivity contribution is 5.99. The van der Waals surface area contributed by atoms with Crippen LogP contribution in [-0.2, 0) is 9.53 Å². The third-order valence-corrected chi connectivity index (χ3v) is 4.89. The molecular formula is C18H24FN3O3. The van der Waals surface area contributed by atoms with Gasteiger partial charge in [-0.05, 0) is 38.3 Å². The Morgan fingerprint density at radius 1 is 1.24 bits per heavy atom. The monoisotopic (exact) mass is 349 g/mol. The van der Waals surface area contributed by atoms with Crippen molar-refractivity contribution in [3.05, 3.63) is 30.1 Å². The third kappa shape index (κ3) is 3.92. The van der Waals surface area contributed by atoms with Gasteiger partial charge in [0.1, 0.15) is 5.82 Å². The molecule has 0 aromatic heterocycles. The molecule has 0 spiro atoms. The maximum Gasteiger partial charge on any atom is 0.407 e. The van der Waals surface area contributed by atoms with E-state index in [0.717, 1.165) is 25.9 Å². The first kappa shape index (κ1) is 17.7. The Bertz CT molecular complexity index is 632. The highest BCUT2D eigenvalue weighted by atomic mass is 19.1. The summed E-state index contributed by atoms with van der Waals surface area (Å²) in [6.07, 6.45) is 1.87. The van der Waals surface area contributed by atoms with Gasteiger partial charge in [-0.2, -0.15) is 0 Å². The number of rotatable bonds is 4. The second kappa shape index (κ2) is 7.82. The second-order valence-electron chi connectivity index (χ2n) is 6.42. The molecule has 3 rings (SSSR count). The van der Waals surface area contributed by atoms with Crippen molar-refractivity contribution in [1.29, 1.82) is 0 Å². The van der Waals surface area contributed by atoms with Crippen LogP contribution in [0.25, 0.3) is 0 Å². The molecule has 0 bridgehead atoms. The number of para-hydroxylation sites is 1. The zero-order valence-electron chi connectivity index (χ0n) is 14.4. The topological polar surface area (TPSA) is 61.9 Å². The van der Waals surface area contributed by atoms with Gasteiger partial charge in [-0.25, -0.2) is 9.18 Å². The summed E-state index contributed by atoms with van der Waals surface area (Å²) >= 11 is 0. The first-order valence-corrected chi connectivity index (χ1v) is 8.83. The highest BCUT2D eigenvalue weighted by Gasteiger charge is 2.38. The van der Waals surface area contributed by atoms with Crippen LogP contribution in [0.2, 0.25) is 0 Å². The molecule has 0 radical (unpaired) electrons. The number of amides is 2. The molecule has 136 valence electrons. The maximum absolute atomic E-state index is 14.0. The largest absolute Gasteiger partial charge is 0.450 e. The van der Waals surface area contributed by atoms with Crippen LogP contribution in [-0.4, -0.2) is 55.2 Å². The number of alkyl carbamates (subject to hydrolysis) is 1. The lowest BCUT2D eigenvalue weighted by atomic mass is 10.0. The number of piperidine rings is 1. The average molecular weight is 349 g/mol.